The summed E-state index contributed by atoms with van der Waals surface area (Å²) < 4.78 is 27.5. The second-order valence-electron chi connectivity index (χ2n) is 4.03. The SMILES string of the molecule is CCNCc1ccn(Cc2ccc(F)c(F)c2)n1. The van der Waals surface area contributed by atoms with E-state index < -0.39 is 11.6 Å². The van der Waals surface area contributed by atoms with Crippen molar-refractivity contribution in [2.24, 2.45) is 0 Å². The number of benzene rings is 1. The molecule has 18 heavy (non-hydrogen) atoms. The predicted octanol–water partition coefficient (Wildman–Crippen LogP) is 2.32. The lowest BCUT2D eigenvalue weighted by Gasteiger charge is -2.03. The molecule has 0 radical (unpaired) electrons. The van der Waals surface area contributed by atoms with Crippen LogP contribution in [0.5, 0.6) is 0 Å². The Labute approximate surface area is 104 Å². The van der Waals surface area contributed by atoms with Gasteiger partial charge in [0.15, 0.2) is 11.6 Å². The largest absolute Gasteiger partial charge is 0.311 e. The van der Waals surface area contributed by atoms with E-state index in [1.165, 1.54) is 6.07 Å². The molecule has 0 unspecified atom stereocenters. The van der Waals surface area contributed by atoms with Crippen LogP contribution in [0.1, 0.15) is 18.2 Å². The second-order valence-corrected chi connectivity index (χ2v) is 4.03. The van der Waals surface area contributed by atoms with Crippen molar-refractivity contribution < 1.29 is 8.78 Å². The topological polar surface area (TPSA) is 29.9 Å². The molecular formula is C13H15F2N3. The summed E-state index contributed by atoms with van der Waals surface area (Å²) in [6.45, 7) is 4.05. The summed E-state index contributed by atoms with van der Waals surface area (Å²) in [6, 6.07) is 5.79. The zero-order chi connectivity index (χ0) is 13.0. The van der Waals surface area contributed by atoms with Crippen LogP contribution < -0.4 is 5.32 Å². The number of hydrogen-bond donors (Lipinski definition) is 1. The van der Waals surface area contributed by atoms with Crippen molar-refractivity contribution in [2.75, 3.05) is 6.54 Å². The Kier molecular flexibility index (Phi) is 4.04. The molecule has 2 aromatic rings. The van der Waals surface area contributed by atoms with Gasteiger partial charge < -0.3 is 5.32 Å². The Morgan fingerprint density at radius 2 is 2.06 bits per heavy atom. The van der Waals surface area contributed by atoms with Crippen LogP contribution in [0.4, 0.5) is 8.78 Å². The minimum Gasteiger partial charge on any atom is -0.311 e. The van der Waals surface area contributed by atoms with E-state index in [0.717, 1.165) is 18.3 Å². The maximum Gasteiger partial charge on any atom is 0.159 e. The number of nitrogens with zero attached hydrogens (tertiary/aromatic N) is 2. The zero-order valence-electron chi connectivity index (χ0n) is 10.2. The summed E-state index contributed by atoms with van der Waals surface area (Å²) in [5, 5.41) is 7.51. The van der Waals surface area contributed by atoms with Crippen molar-refractivity contribution in [1.82, 2.24) is 15.1 Å². The van der Waals surface area contributed by atoms with Crippen molar-refractivity contribution >= 4 is 0 Å². The van der Waals surface area contributed by atoms with Gasteiger partial charge in [-0.15, -0.1) is 0 Å². The molecule has 0 aliphatic heterocycles. The fraction of sp³-hybridized carbons (Fsp3) is 0.308. The molecule has 0 spiro atoms. The molecule has 1 aromatic carbocycles. The van der Waals surface area contributed by atoms with Crippen LogP contribution in [0, 0.1) is 11.6 Å². The maximum absolute atomic E-state index is 13.0. The van der Waals surface area contributed by atoms with Gasteiger partial charge in [-0.1, -0.05) is 13.0 Å². The molecule has 0 amide bonds. The molecule has 0 aliphatic rings. The van der Waals surface area contributed by atoms with E-state index in [4.69, 9.17) is 0 Å². The van der Waals surface area contributed by atoms with Crippen LogP contribution in [-0.4, -0.2) is 16.3 Å². The van der Waals surface area contributed by atoms with Gasteiger partial charge in [0.25, 0.3) is 0 Å². The van der Waals surface area contributed by atoms with Gasteiger partial charge in [0, 0.05) is 12.7 Å². The van der Waals surface area contributed by atoms with Gasteiger partial charge in [-0.2, -0.15) is 5.10 Å². The number of rotatable bonds is 5. The summed E-state index contributed by atoms with van der Waals surface area (Å²) in [4.78, 5) is 0. The summed E-state index contributed by atoms with van der Waals surface area (Å²) in [6.07, 6.45) is 1.83. The molecule has 0 fully saturated rings. The van der Waals surface area contributed by atoms with Gasteiger partial charge in [-0.3, -0.25) is 4.68 Å². The molecule has 96 valence electrons. The van der Waals surface area contributed by atoms with Gasteiger partial charge in [0.1, 0.15) is 0 Å². The Bertz CT molecular complexity index is 523. The smallest absolute Gasteiger partial charge is 0.159 e. The zero-order valence-corrected chi connectivity index (χ0v) is 10.2. The van der Waals surface area contributed by atoms with Gasteiger partial charge in [-0.25, -0.2) is 8.78 Å². The summed E-state index contributed by atoms with van der Waals surface area (Å²) in [5.41, 5.74) is 1.62. The van der Waals surface area contributed by atoms with Crippen LogP contribution in [0.15, 0.2) is 30.5 Å². The molecule has 0 bridgehead atoms. The minimum absolute atomic E-state index is 0.434. The van der Waals surface area contributed by atoms with E-state index in [2.05, 4.69) is 10.4 Å². The molecule has 0 saturated carbocycles. The lowest BCUT2D eigenvalue weighted by molar-refractivity contribution is 0.505. The predicted molar refractivity (Wildman–Crippen MR) is 65.1 cm³/mol. The normalized spacial score (nSPS) is 10.8. The highest BCUT2D eigenvalue weighted by molar-refractivity contribution is 5.18. The third-order valence-corrected chi connectivity index (χ3v) is 2.58. The van der Waals surface area contributed by atoms with Crippen molar-refractivity contribution in [2.45, 2.75) is 20.0 Å². The lowest BCUT2D eigenvalue weighted by Crippen LogP contribution is -2.12. The van der Waals surface area contributed by atoms with Crippen molar-refractivity contribution in [3.05, 3.63) is 53.4 Å². The van der Waals surface area contributed by atoms with Gasteiger partial charge in [0.05, 0.1) is 12.2 Å². The molecule has 1 N–H and O–H groups in total. The first-order valence-corrected chi connectivity index (χ1v) is 5.86. The minimum atomic E-state index is -0.827. The Hall–Kier alpha value is -1.75. The number of aromatic nitrogens is 2. The van der Waals surface area contributed by atoms with E-state index in [-0.39, 0.29) is 0 Å². The number of hydrogen-bond acceptors (Lipinski definition) is 2. The average Bonchev–Trinajstić information content (AvgIpc) is 2.79. The van der Waals surface area contributed by atoms with E-state index in [1.54, 1.807) is 10.7 Å². The number of nitrogens with one attached hydrogen (secondary N) is 1. The molecular weight excluding hydrogens is 236 g/mol. The van der Waals surface area contributed by atoms with Gasteiger partial charge in [-0.05, 0) is 30.3 Å². The number of halogens is 2. The van der Waals surface area contributed by atoms with Crippen LogP contribution >= 0.6 is 0 Å². The monoisotopic (exact) mass is 251 g/mol. The third-order valence-electron chi connectivity index (χ3n) is 2.58. The molecule has 0 atom stereocenters. The highest BCUT2D eigenvalue weighted by Gasteiger charge is 2.04. The fourth-order valence-electron chi connectivity index (χ4n) is 1.66. The molecule has 1 heterocycles. The van der Waals surface area contributed by atoms with Crippen LogP contribution in [0.2, 0.25) is 0 Å². The first-order valence-electron chi connectivity index (χ1n) is 5.86. The Balaban J connectivity index is 2.04. The highest BCUT2D eigenvalue weighted by Crippen LogP contribution is 2.10. The Morgan fingerprint density at radius 1 is 1.22 bits per heavy atom. The van der Waals surface area contributed by atoms with E-state index >= 15 is 0 Å². The lowest BCUT2D eigenvalue weighted by atomic mass is 10.2. The summed E-state index contributed by atoms with van der Waals surface area (Å²) in [5.74, 6) is -1.65. The Morgan fingerprint density at radius 3 is 2.78 bits per heavy atom. The molecule has 1 aromatic heterocycles. The molecule has 3 nitrogen and oxygen atoms in total. The summed E-state index contributed by atoms with van der Waals surface area (Å²) in [7, 11) is 0. The standard InChI is InChI=1S/C13H15F2N3/c1-2-16-8-11-5-6-18(17-11)9-10-3-4-12(14)13(15)7-10/h3-7,16H,2,8-9H2,1H3. The second kappa shape index (κ2) is 5.73. The van der Waals surface area contributed by atoms with Crippen molar-refractivity contribution in [3.8, 4) is 0 Å². The molecule has 2 rings (SSSR count). The molecule has 5 heteroatoms. The third kappa shape index (κ3) is 3.13. The van der Waals surface area contributed by atoms with Crippen LogP contribution in [0.25, 0.3) is 0 Å². The van der Waals surface area contributed by atoms with Gasteiger partial charge >= 0.3 is 0 Å². The van der Waals surface area contributed by atoms with E-state index in [1.807, 2.05) is 19.2 Å². The van der Waals surface area contributed by atoms with Crippen molar-refractivity contribution in [3.63, 3.8) is 0 Å². The fourth-order valence-corrected chi connectivity index (χ4v) is 1.66. The van der Waals surface area contributed by atoms with E-state index in [9.17, 15) is 8.78 Å². The van der Waals surface area contributed by atoms with Crippen LogP contribution in [0.3, 0.4) is 0 Å². The summed E-state index contributed by atoms with van der Waals surface area (Å²) >= 11 is 0. The molecule has 0 aliphatic carbocycles. The quantitative estimate of drug-likeness (QED) is 0.883. The van der Waals surface area contributed by atoms with E-state index in [0.29, 0.717) is 18.7 Å². The van der Waals surface area contributed by atoms with Crippen LogP contribution in [-0.2, 0) is 13.1 Å². The highest BCUT2D eigenvalue weighted by atomic mass is 19.2. The molecule has 0 saturated heterocycles. The first-order chi connectivity index (χ1) is 8.69. The first kappa shape index (κ1) is 12.7. The van der Waals surface area contributed by atoms with Gasteiger partial charge in [0.2, 0.25) is 0 Å². The average molecular weight is 251 g/mol. The van der Waals surface area contributed by atoms with Crippen molar-refractivity contribution in [1.29, 1.82) is 0 Å². The maximum atomic E-state index is 13.0.